The monoisotopic (exact) mass is 790 g/mol. The lowest BCUT2D eigenvalue weighted by molar-refractivity contribution is -0.120. The first-order valence-electron chi connectivity index (χ1n) is 20.2. The summed E-state index contributed by atoms with van der Waals surface area (Å²) in [4.78, 5) is 72.6. The highest BCUT2D eigenvalue weighted by molar-refractivity contribution is 6.09. The summed E-state index contributed by atoms with van der Waals surface area (Å²) in [6, 6.07) is 7.12. The van der Waals surface area contributed by atoms with Crippen molar-refractivity contribution in [1.82, 2.24) is 39.5 Å². The number of nitrogens with zero attached hydrogens (tertiary/aromatic N) is 10. The van der Waals surface area contributed by atoms with E-state index in [9.17, 15) is 19.2 Å². The Morgan fingerprint density at radius 3 is 2.33 bits per heavy atom. The Hall–Kier alpha value is -5.97. The molecule has 0 radical (unpaired) electrons. The average Bonchev–Trinajstić information content (AvgIpc) is 3.86. The second kappa shape index (κ2) is 15.1. The van der Waals surface area contributed by atoms with Gasteiger partial charge in [0.2, 0.25) is 11.9 Å². The van der Waals surface area contributed by atoms with Gasteiger partial charge in [-0.2, -0.15) is 10.1 Å². The predicted octanol–water partition coefficient (Wildman–Crippen LogP) is 4.82. The molecule has 1 aliphatic carbocycles. The summed E-state index contributed by atoms with van der Waals surface area (Å²) in [6.45, 7) is 8.25. The van der Waals surface area contributed by atoms with Crippen molar-refractivity contribution in [2.75, 3.05) is 65.8 Å². The molecular weight excluding hydrogens is 744 g/mol. The Labute approximate surface area is 334 Å². The number of nitrogens with one attached hydrogen (secondary N) is 2. The van der Waals surface area contributed by atoms with Crippen molar-refractivity contribution in [3.05, 3.63) is 64.0 Å². The molecule has 0 bridgehead atoms. The maximum atomic E-state index is 15.7. The van der Waals surface area contributed by atoms with E-state index in [-0.39, 0.29) is 47.6 Å². The number of carbonyl (C=O) groups excluding carboxylic acids is 3. The van der Waals surface area contributed by atoms with E-state index in [4.69, 9.17) is 4.98 Å². The summed E-state index contributed by atoms with van der Waals surface area (Å²) in [7, 11) is 1.78. The number of Topliss-reactive ketones (excluding diaryl/α,β-unsaturated/α-hetero) is 1. The van der Waals surface area contributed by atoms with Crippen LogP contribution in [0.4, 0.5) is 38.1 Å². The normalized spacial score (nSPS) is 18.8. The number of urea groups is 1. The summed E-state index contributed by atoms with van der Waals surface area (Å²) >= 11 is 0. The van der Waals surface area contributed by atoms with Gasteiger partial charge in [-0.1, -0.05) is 12.8 Å². The topological polar surface area (TPSA) is 167 Å². The summed E-state index contributed by atoms with van der Waals surface area (Å²) in [5.41, 5.74) is 3.36. The van der Waals surface area contributed by atoms with Gasteiger partial charge in [0.1, 0.15) is 17.3 Å². The van der Waals surface area contributed by atoms with Crippen LogP contribution in [0.5, 0.6) is 0 Å². The number of pyridine rings is 2. The van der Waals surface area contributed by atoms with Crippen molar-refractivity contribution < 1.29 is 18.8 Å². The molecule has 16 nitrogen and oxygen atoms in total. The molecule has 0 spiro atoms. The van der Waals surface area contributed by atoms with Crippen molar-refractivity contribution in [2.24, 2.45) is 7.05 Å². The zero-order valence-electron chi connectivity index (χ0n) is 33.0. The molecule has 4 aliphatic rings. The summed E-state index contributed by atoms with van der Waals surface area (Å²) in [5.74, 6) is 0.340. The predicted molar refractivity (Wildman–Crippen MR) is 219 cm³/mol. The first-order chi connectivity index (χ1) is 28.0. The number of carbonyl (C=O) groups is 3. The molecule has 0 unspecified atom stereocenters. The van der Waals surface area contributed by atoms with Gasteiger partial charge in [0.25, 0.3) is 5.56 Å². The largest absolute Gasteiger partial charge is 0.370 e. The van der Waals surface area contributed by atoms with E-state index in [2.05, 4.69) is 40.4 Å². The number of piperidine rings is 1. The van der Waals surface area contributed by atoms with Crippen LogP contribution in [0.1, 0.15) is 73.8 Å². The van der Waals surface area contributed by atoms with E-state index in [1.807, 2.05) is 24.4 Å². The molecule has 4 fully saturated rings. The number of aryl methyl sites for hydroxylation is 2. The van der Waals surface area contributed by atoms with Crippen LogP contribution >= 0.6 is 0 Å². The fourth-order valence-corrected chi connectivity index (χ4v) is 9.34. The minimum absolute atomic E-state index is 0.00417. The third kappa shape index (κ3) is 6.80. The van der Waals surface area contributed by atoms with E-state index >= 15 is 4.39 Å². The Kier molecular flexibility index (Phi) is 9.78. The zero-order valence-corrected chi connectivity index (χ0v) is 33.0. The highest BCUT2D eigenvalue weighted by Crippen LogP contribution is 2.35. The molecule has 3 aliphatic heterocycles. The minimum atomic E-state index is -0.547. The Morgan fingerprint density at radius 2 is 1.64 bits per heavy atom. The highest BCUT2D eigenvalue weighted by Gasteiger charge is 2.32. The molecule has 5 aromatic rings. The molecule has 1 saturated carbocycles. The molecule has 3 amide bonds. The van der Waals surface area contributed by atoms with Crippen LogP contribution in [0, 0.1) is 12.7 Å². The van der Waals surface area contributed by atoms with Crippen LogP contribution in [0.2, 0.25) is 0 Å². The molecular formula is C41H47FN12O4. The third-order valence-electron chi connectivity index (χ3n) is 12.4. The standard InChI is InChI=1S/C41H47FN12O4/c1-24-30-23-44-40(47-37(30)54(27-6-4-5-7-27)39(57)36(24)25(2)55)45-34-9-8-28(22-43-34)50-13-10-26(11-14-50)51-16-18-52(19-17-51)33-21-32-29(20-31(33)42)38(48-49(32)3)53-15-12-35(56)46-41(53)58/h8-9,20-23,26-27H,4-7,10-19H2,1-3H3,(H,46,56,58)(H,43,44,45,47). The van der Waals surface area contributed by atoms with Gasteiger partial charge in [-0.15, -0.1) is 0 Å². The smallest absolute Gasteiger partial charge is 0.329 e. The number of hydrogen-bond acceptors (Lipinski definition) is 12. The van der Waals surface area contributed by atoms with Gasteiger partial charge < -0.3 is 15.1 Å². The molecule has 3 saturated heterocycles. The molecule has 2 N–H and O–H groups in total. The maximum absolute atomic E-state index is 15.7. The number of anilines is 5. The van der Waals surface area contributed by atoms with Crippen molar-refractivity contribution in [3.63, 3.8) is 0 Å². The highest BCUT2D eigenvalue weighted by atomic mass is 19.1. The van der Waals surface area contributed by atoms with Gasteiger partial charge in [0, 0.05) is 88.3 Å². The fraction of sp³-hybridized carbons (Fsp3) is 0.463. The van der Waals surface area contributed by atoms with Gasteiger partial charge in [-0.05, 0) is 69.4 Å². The van der Waals surface area contributed by atoms with Crippen LogP contribution in [-0.4, -0.2) is 104 Å². The number of imide groups is 1. The Bertz CT molecular complexity index is 2500. The van der Waals surface area contributed by atoms with Crippen LogP contribution in [0.25, 0.3) is 21.9 Å². The lowest BCUT2D eigenvalue weighted by Gasteiger charge is -2.43. The average molecular weight is 791 g/mol. The lowest BCUT2D eigenvalue weighted by Crippen LogP contribution is -2.53. The van der Waals surface area contributed by atoms with Crippen LogP contribution in [0.15, 0.2) is 41.5 Å². The van der Waals surface area contributed by atoms with E-state index < -0.39 is 6.03 Å². The molecule has 7 heterocycles. The molecule has 17 heteroatoms. The van der Waals surface area contributed by atoms with E-state index in [1.54, 1.807) is 29.4 Å². The number of benzene rings is 1. The van der Waals surface area contributed by atoms with E-state index in [0.29, 0.717) is 64.4 Å². The molecule has 302 valence electrons. The van der Waals surface area contributed by atoms with Crippen LogP contribution in [0.3, 0.4) is 0 Å². The Balaban J connectivity index is 0.815. The van der Waals surface area contributed by atoms with Gasteiger partial charge in [-0.3, -0.25) is 38.7 Å². The Morgan fingerprint density at radius 1 is 0.879 bits per heavy atom. The first-order valence-corrected chi connectivity index (χ1v) is 20.2. The fourth-order valence-electron chi connectivity index (χ4n) is 9.34. The minimum Gasteiger partial charge on any atom is -0.370 e. The van der Waals surface area contributed by atoms with Crippen molar-refractivity contribution >= 4 is 68.6 Å². The number of piperazine rings is 1. The van der Waals surface area contributed by atoms with Crippen LogP contribution < -0.4 is 30.9 Å². The molecule has 1 aromatic carbocycles. The molecule has 0 atom stereocenters. The maximum Gasteiger partial charge on any atom is 0.329 e. The number of ketones is 1. The number of hydrogen-bond donors (Lipinski definition) is 2. The number of aromatic nitrogens is 6. The SMILES string of the molecule is CC(=O)c1c(C)c2cnc(Nc3ccc(N4CCC(N5CCN(c6cc7c(cc6F)c(N6CCC(=O)NC6=O)nn7C)CC5)CC4)cn3)nc2n(C2CCCC2)c1=O. The van der Waals surface area contributed by atoms with Gasteiger partial charge in [0.15, 0.2) is 11.6 Å². The summed E-state index contributed by atoms with van der Waals surface area (Å²) < 4.78 is 19.1. The lowest BCUT2D eigenvalue weighted by atomic mass is 10.0. The van der Waals surface area contributed by atoms with Crippen molar-refractivity contribution in [1.29, 1.82) is 0 Å². The number of amides is 3. The van der Waals surface area contributed by atoms with Crippen LogP contribution in [-0.2, 0) is 11.8 Å². The van der Waals surface area contributed by atoms with Crippen molar-refractivity contribution in [3.8, 4) is 0 Å². The number of fused-ring (bicyclic) bond motifs is 2. The number of rotatable bonds is 8. The quantitative estimate of drug-likeness (QED) is 0.206. The molecule has 9 rings (SSSR count). The van der Waals surface area contributed by atoms with E-state index in [1.165, 1.54) is 17.9 Å². The molecule has 4 aromatic heterocycles. The first kappa shape index (κ1) is 37.6. The van der Waals surface area contributed by atoms with Crippen molar-refractivity contribution in [2.45, 2.75) is 70.9 Å². The zero-order chi connectivity index (χ0) is 40.2. The second-order valence-corrected chi connectivity index (χ2v) is 15.9. The molecule has 58 heavy (non-hydrogen) atoms. The summed E-state index contributed by atoms with van der Waals surface area (Å²) in [6.07, 6.45) is 9.56. The van der Waals surface area contributed by atoms with Gasteiger partial charge >= 0.3 is 6.03 Å². The third-order valence-corrected chi connectivity index (χ3v) is 12.4. The van der Waals surface area contributed by atoms with Gasteiger partial charge in [0.05, 0.1) is 28.7 Å². The van der Waals surface area contributed by atoms with Gasteiger partial charge in [-0.25, -0.2) is 19.2 Å². The van der Waals surface area contributed by atoms with E-state index in [0.717, 1.165) is 75.9 Å². The summed E-state index contributed by atoms with van der Waals surface area (Å²) in [5, 5.41) is 11.3. The number of halogens is 1. The second-order valence-electron chi connectivity index (χ2n) is 15.9.